The summed E-state index contributed by atoms with van der Waals surface area (Å²) in [5.41, 5.74) is -0.543. The monoisotopic (exact) mass is 324 g/mol. The fourth-order valence-electron chi connectivity index (χ4n) is 4.56. The lowest BCUT2D eigenvalue weighted by molar-refractivity contribution is -0.134. The molecule has 2 N–H and O–H groups in total. The quantitative estimate of drug-likeness (QED) is 0.839. The van der Waals surface area contributed by atoms with Crippen molar-refractivity contribution >= 4 is 5.91 Å². The zero-order valence-electron chi connectivity index (χ0n) is 15.7. The average Bonchev–Trinajstić information content (AvgIpc) is 2.45. The first-order valence-corrected chi connectivity index (χ1v) is 9.25. The van der Waals surface area contributed by atoms with Crippen molar-refractivity contribution in [1.82, 2.24) is 10.2 Å². The SMILES string of the molecule is CNC(=O)[C@]1(C)CCCN(CC2(O)CCC(C(C)(C)C)CC2)C1. The van der Waals surface area contributed by atoms with E-state index in [1.807, 2.05) is 0 Å². The Morgan fingerprint density at radius 1 is 1.26 bits per heavy atom. The first-order chi connectivity index (χ1) is 10.6. The van der Waals surface area contributed by atoms with E-state index in [-0.39, 0.29) is 11.3 Å². The normalized spacial score (nSPS) is 36.7. The van der Waals surface area contributed by atoms with Crippen molar-refractivity contribution in [2.24, 2.45) is 16.7 Å². The number of hydrogen-bond acceptors (Lipinski definition) is 3. The summed E-state index contributed by atoms with van der Waals surface area (Å²) in [4.78, 5) is 14.5. The van der Waals surface area contributed by atoms with E-state index in [1.165, 1.54) is 0 Å². The standard InChI is InChI=1S/C19H36N2O2/c1-17(2,3)15-7-10-19(23,11-8-15)14-21-12-6-9-18(4,13-21)16(22)20-5/h15,23H,6-14H2,1-5H3,(H,20,22)/t15?,18-,19?/m1/s1. The number of carbonyl (C=O) groups is 1. The van der Waals surface area contributed by atoms with Crippen molar-refractivity contribution in [2.45, 2.75) is 71.8 Å². The van der Waals surface area contributed by atoms with Crippen LogP contribution >= 0.6 is 0 Å². The van der Waals surface area contributed by atoms with E-state index in [0.717, 1.165) is 58.2 Å². The number of hydrogen-bond donors (Lipinski definition) is 2. The minimum atomic E-state index is -0.567. The van der Waals surface area contributed by atoms with Crippen LogP contribution in [-0.4, -0.2) is 48.2 Å². The Labute approximate surface area is 142 Å². The average molecular weight is 325 g/mol. The van der Waals surface area contributed by atoms with Gasteiger partial charge in [0.05, 0.1) is 11.0 Å². The molecule has 1 amide bonds. The number of β-amino-alcohol motifs (C(OH)–C–C–N with tert-alkyl or cyclic N) is 1. The third kappa shape index (κ3) is 4.48. The predicted molar refractivity (Wildman–Crippen MR) is 94.2 cm³/mol. The van der Waals surface area contributed by atoms with E-state index in [4.69, 9.17) is 0 Å². The molecule has 0 aromatic rings. The molecule has 0 radical (unpaired) electrons. The summed E-state index contributed by atoms with van der Waals surface area (Å²) in [7, 11) is 1.72. The molecular formula is C19H36N2O2. The van der Waals surface area contributed by atoms with Crippen LogP contribution in [0.25, 0.3) is 0 Å². The summed E-state index contributed by atoms with van der Waals surface area (Å²) in [6, 6.07) is 0. The second-order valence-corrected chi connectivity index (χ2v) is 9.32. The molecule has 2 aliphatic rings. The van der Waals surface area contributed by atoms with Crippen molar-refractivity contribution < 1.29 is 9.90 Å². The highest BCUT2D eigenvalue weighted by atomic mass is 16.3. The van der Waals surface area contributed by atoms with Crippen LogP contribution in [0.15, 0.2) is 0 Å². The zero-order chi connectivity index (χ0) is 17.3. The van der Waals surface area contributed by atoms with E-state index in [0.29, 0.717) is 11.3 Å². The Morgan fingerprint density at radius 2 is 1.87 bits per heavy atom. The molecule has 1 saturated heterocycles. The predicted octanol–water partition coefficient (Wildman–Crippen LogP) is 2.80. The number of nitrogens with zero attached hydrogens (tertiary/aromatic N) is 1. The van der Waals surface area contributed by atoms with Crippen molar-refractivity contribution in [3.05, 3.63) is 0 Å². The Kier molecular flexibility index (Phi) is 5.47. The van der Waals surface area contributed by atoms with Gasteiger partial charge in [-0.05, 0) is 63.3 Å². The fourth-order valence-corrected chi connectivity index (χ4v) is 4.56. The summed E-state index contributed by atoms with van der Waals surface area (Å²) in [5, 5.41) is 13.8. The fraction of sp³-hybridized carbons (Fsp3) is 0.947. The van der Waals surface area contributed by atoms with E-state index >= 15 is 0 Å². The van der Waals surface area contributed by atoms with E-state index in [9.17, 15) is 9.90 Å². The van der Waals surface area contributed by atoms with Gasteiger partial charge in [-0.15, -0.1) is 0 Å². The lowest BCUT2D eigenvalue weighted by atomic mass is 9.68. The smallest absolute Gasteiger partial charge is 0.226 e. The van der Waals surface area contributed by atoms with Crippen LogP contribution in [-0.2, 0) is 4.79 Å². The third-order valence-corrected chi connectivity index (χ3v) is 6.21. The van der Waals surface area contributed by atoms with Crippen molar-refractivity contribution in [1.29, 1.82) is 0 Å². The van der Waals surface area contributed by atoms with Gasteiger partial charge >= 0.3 is 0 Å². The van der Waals surface area contributed by atoms with Gasteiger partial charge in [-0.1, -0.05) is 20.8 Å². The van der Waals surface area contributed by atoms with Gasteiger partial charge < -0.3 is 10.4 Å². The largest absolute Gasteiger partial charge is 0.389 e. The van der Waals surface area contributed by atoms with Crippen LogP contribution in [0.5, 0.6) is 0 Å². The molecule has 1 aliphatic heterocycles. The molecule has 0 bridgehead atoms. The Bertz CT molecular complexity index is 422. The van der Waals surface area contributed by atoms with Crippen molar-refractivity contribution in [3.8, 4) is 0 Å². The molecule has 1 heterocycles. The molecule has 1 aliphatic carbocycles. The summed E-state index contributed by atoms with van der Waals surface area (Å²) in [6.45, 7) is 11.5. The first-order valence-electron chi connectivity index (χ1n) is 9.25. The molecule has 134 valence electrons. The van der Waals surface area contributed by atoms with Crippen molar-refractivity contribution in [2.75, 3.05) is 26.7 Å². The molecule has 4 nitrogen and oxygen atoms in total. The van der Waals surface area contributed by atoms with Crippen molar-refractivity contribution in [3.63, 3.8) is 0 Å². The Morgan fingerprint density at radius 3 is 2.39 bits per heavy atom. The molecule has 0 aromatic heterocycles. The topological polar surface area (TPSA) is 52.6 Å². The second kappa shape index (κ2) is 6.72. The van der Waals surface area contributed by atoms with Crippen LogP contribution in [0.3, 0.4) is 0 Å². The van der Waals surface area contributed by atoms with Crippen LogP contribution in [0.2, 0.25) is 0 Å². The third-order valence-electron chi connectivity index (χ3n) is 6.21. The lowest BCUT2D eigenvalue weighted by Gasteiger charge is -2.46. The molecule has 2 fully saturated rings. The minimum Gasteiger partial charge on any atom is -0.389 e. The van der Waals surface area contributed by atoms with Crippen LogP contribution < -0.4 is 5.32 Å². The minimum absolute atomic E-state index is 0.130. The van der Waals surface area contributed by atoms with Gasteiger partial charge in [0, 0.05) is 20.1 Å². The van der Waals surface area contributed by atoms with Gasteiger partial charge in [0.25, 0.3) is 0 Å². The van der Waals surface area contributed by atoms with Crippen LogP contribution in [0.4, 0.5) is 0 Å². The van der Waals surface area contributed by atoms with E-state index in [2.05, 4.69) is 37.9 Å². The Hall–Kier alpha value is -0.610. The number of carbonyl (C=O) groups excluding carboxylic acids is 1. The van der Waals surface area contributed by atoms with Gasteiger partial charge in [-0.25, -0.2) is 0 Å². The Balaban J connectivity index is 1.93. The highest BCUT2D eigenvalue weighted by Gasteiger charge is 2.42. The highest BCUT2D eigenvalue weighted by molar-refractivity contribution is 5.82. The maximum Gasteiger partial charge on any atom is 0.226 e. The molecule has 2 rings (SSSR count). The number of rotatable bonds is 3. The molecule has 0 unspecified atom stereocenters. The summed E-state index contributed by atoms with van der Waals surface area (Å²) >= 11 is 0. The number of likely N-dealkylation sites (tertiary alicyclic amines) is 1. The van der Waals surface area contributed by atoms with E-state index < -0.39 is 5.60 Å². The van der Waals surface area contributed by atoms with Crippen LogP contribution in [0.1, 0.15) is 66.2 Å². The number of amides is 1. The van der Waals surface area contributed by atoms with Gasteiger partial charge in [0.2, 0.25) is 5.91 Å². The summed E-state index contributed by atoms with van der Waals surface area (Å²) < 4.78 is 0. The summed E-state index contributed by atoms with van der Waals surface area (Å²) in [6.07, 6.45) is 5.98. The van der Waals surface area contributed by atoms with E-state index in [1.54, 1.807) is 7.05 Å². The molecule has 0 spiro atoms. The highest BCUT2D eigenvalue weighted by Crippen LogP contribution is 2.42. The lowest BCUT2D eigenvalue weighted by Crippen LogP contribution is -2.54. The maximum atomic E-state index is 12.2. The van der Waals surface area contributed by atoms with Gasteiger partial charge in [-0.2, -0.15) is 0 Å². The molecule has 1 atom stereocenters. The second-order valence-electron chi connectivity index (χ2n) is 9.32. The molecular weight excluding hydrogens is 288 g/mol. The van der Waals surface area contributed by atoms with Gasteiger partial charge in [-0.3, -0.25) is 9.69 Å². The maximum absolute atomic E-state index is 12.2. The summed E-state index contributed by atoms with van der Waals surface area (Å²) in [5.74, 6) is 0.839. The van der Waals surface area contributed by atoms with Crippen LogP contribution in [0, 0.1) is 16.7 Å². The molecule has 0 aromatic carbocycles. The first kappa shape index (κ1) is 18.7. The van der Waals surface area contributed by atoms with Gasteiger partial charge in [0.15, 0.2) is 0 Å². The number of piperidine rings is 1. The molecule has 4 heteroatoms. The van der Waals surface area contributed by atoms with Gasteiger partial charge in [0.1, 0.15) is 0 Å². The molecule has 1 saturated carbocycles. The zero-order valence-corrected chi connectivity index (χ0v) is 15.7. The number of nitrogens with one attached hydrogen (secondary N) is 1. The molecule has 23 heavy (non-hydrogen) atoms. The number of aliphatic hydroxyl groups is 1.